The lowest BCUT2D eigenvalue weighted by atomic mass is 10.2. The van der Waals surface area contributed by atoms with Gasteiger partial charge in [-0.2, -0.15) is 14.0 Å². The van der Waals surface area contributed by atoms with E-state index in [4.69, 9.17) is 8.47 Å². The fourth-order valence-corrected chi connectivity index (χ4v) is 11.6. The van der Waals surface area contributed by atoms with E-state index in [0.29, 0.717) is 0 Å². The van der Waals surface area contributed by atoms with Crippen LogP contribution >= 0.6 is 45.6 Å². The molecule has 154 valence electrons. The Labute approximate surface area is 172 Å². The summed E-state index contributed by atoms with van der Waals surface area (Å²) < 4.78 is 43.4. The quantitative estimate of drug-likeness (QED) is 0.390. The number of hydrogen-bond acceptors (Lipinski definition) is 9. The summed E-state index contributed by atoms with van der Waals surface area (Å²) in [7, 11) is -7.24. The number of carbonyl (C=O) groups excluding carboxylic acids is 1. The molecule has 1 unspecified atom stereocenters. The molecule has 0 radical (unpaired) electrons. The zero-order valence-electron chi connectivity index (χ0n) is 15.9. The van der Waals surface area contributed by atoms with Gasteiger partial charge in [-0.1, -0.05) is 20.8 Å². The molecule has 0 amide bonds. The van der Waals surface area contributed by atoms with Crippen LogP contribution in [0.3, 0.4) is 0 Å². The van der Waals surface area contributed by atoms with Gasteiger partial charge in [0.15, 0.2) is 0 Å². The van der Waals surface area contributed by atoms with Crippen LogP contribution in [0.1, 0.15) is 27.7 Å². The Hall–Kier alpha value is 0.740. The van der Waals surface area contributed by atoms with Crippen molar-refractivity contribution < 1.29 is 37.5 Å². The molecule has 0 saturated carbocycles. The van der Waals surface area contributed by atoms with Crippen molar-refractivity contribution in [3.63, 3.8) is 0 Å². The average molecular weight is 467 g/mol. The van der Waals surface area contributed by atoms with Gasteiger partial charge in [-0.05, 0) is 24.2 Å². The van der Waals surface area contributed by atoms with E-state index in [1.54, 1.807) is 42.2 Å². The van der Waals surface area contributed by atoms with Gasteiger partial charge in [-0.15, -0.1) is 35.3 Å². The number of ether oxygens (including phenoxy) is 1. The fraction of sp³-hybridized carbons (Fsp3) is 0.800. The van der Waals surface area contributed by atoms with Crippen molar-refractivity contribution >= 4 is 51.6 Å². The second-order valence-corrected chi connectivity index (χ2v) is 14.0. The van der Waals surface area contributed by atoms with Crippen molar-refractivity contribution in [2.24, 2.45) is 0 Å². The number of carbonyl (C=O) groups is 1. The first-order valence-electron chi connectivity index (χ1n) is 8.17. The Balaban J connectivity index is 3.40. The number of rotatable bonds is 12. The van der Waals surface area contributed by atoms with E-state index in [1.165, 1.54) is 12.5 Å². The molecule has 1 aliphatic rings. The summed E-state index contributed by atoms with van der Waals surface area (Å²) in [6.45, 7) is 7.91. The van der Waals surface area contributed by atoms with Crippen LogP contribution in [0.5, 0.6) is 0 Å². The molecule has 11 heteroatoms. The molecule has 1 rings (SSSR count). The topological polar surface area (TPSA) is 105 Å². The molecular formula is C15H27ClO6S4. The average Bonchev–Trinajstić information content (AvgIpc) is 3.03. The van der Waals surface area contributed by atoms with Crippen LogP contribution in [0.15, 0.2) is 9.81 Å². The molecular weight excluding hydrogens is 440 g/mol. The molecule has 0 aromatic rings. The van der Waals surface area contributed by atoms with Crippen LogP contribution in [0.25, 0.3) is 0 Å². The van der Waals surface area contributed by atoms with E-state index < -0.39 is 36.5 Å². The fourth-order valence-electron chi connectivity index (χ4n) is 2.79. The molecule has 1 aliphatic carbocycles. The predicted octanol–water partition coefficient (Wildman–Crippen LogP) is 1.03. The molecule has 0 aromatic carbocycles. The molecule has 0 heterocycles. The normalized spacial score (nSPS) is 18.7. The lowest BCUT2D eigenvalue weighted by molar-refractivity contribution is -1.91. The number of hydrogen-bond donors (Lipinski definition) is 0. The van der Waals surface area contributed by atoms with Crippen LogP contribution in [0.2, 0.25) is 0 Å². The highest BCUT2D eigenvalue weighted by Crippen LogP contribution is 2.72. The van der Waals surface area contributed by atoms with E-state index in [1.807, 2.05) is 20.8 Å². The highest BCUT2D eigenvalue weighted by Gasteiger charge is 2.67. The molecule has 0 fully saturated rings. The van der Waals surface area contributed by atoms with Crippen LogP contribution in [-0.4, -0.2) is 52.3 Å². The van der Waals surface area contributed by atoms with Crippen LogP contribution < -0.4 is 14.0 Å². The maximum atomic E-state index is 12.9. The van der Waals surface area contributed by atoms with Crippen molar-refractivity contribution in [2.45, 2.75) is 37.7 Å². The van der Waals surface area contributed by atoms with Crippen molar-refractivity contribution in [3.8, 4) is 0 Å². The van der Waals surface area contributed by atoms with Gasteiger partial charge in [0.25, 0.3) is 0 Å². The van der Waals surface area contributed by atoms with E-state index in [2.05, 4.69) is 0 Å². The third kappa shape index (κ3) is 5.64. The van der Waals surface area contributed by atoms with Crippen molar-refractivity contribution in [2.75, 3.05) is 36.4 Å². The van der Waals surface area contributed by atoms with Crippen LogP contribution in [0.4, 0.5) is 0 Å². The Morgan fingerprint density at radius 1 is 1.08 bits per heavy atom. The second-order valence-electron chi connectivity index (χ2n) is 5.58. The number of halogens is 1. The smallest absolute Gasteiger partial charge is 0.322 e. The minimum atomic E-state index is -4.65. The maximum absolute atomic E-state index is 12.9. The second kappa shape index (κ2) is 9.98. The third-order valence-electron chi connectivity index (χ3n) is 3.44. The van der Waals surface area contributed by atoms with Crippen LogP contribution in [-0.2, 0) is 13.3 Å². The van der Waals surface area contributed by atoms with Gasteiger partial charge in [0, 0.05) is 32.6 Å². The molecule has 0 N–H and O–H groups in total. The largest absolute Gasteiger partial charge is 0.465 e. The number of thioether (sulfide) groups is 3. The highest BCUT2D eigenvalue weighted by atomic mass is 35.7. The van der Waals surface area contributed by atoms with Crippen molar-refractivity contribution in [1.82, 2.24) is 0 Å². The predicted molar refractivity (Wildman–Crippen MR) is 105 cm³/mol. The molecule has 26 heavy (non-hydrogen) atoms. The van der Waals surface area contributed by atoms with Gasteiger partial charge in [-0.25, -0.2) is 0 Å². The summed E-state index contributed by atoms with van der Waals surface area (Å²) in [6.07, 6.45) is 3.07. The maximum Gasteiger partial charge on any atom is 0.322 e. The third-order valence-corrected chi connectivity index (χ3v) is 11.2. The van der Waals surface area contributed by atoms with Gasteiger partial charge in [0.1, 0.15) is 13.7 Å². The summed E-state index contributed by atoms with van der Waals surface area (Å²) in [5, 5.41) is -0.862. The van der Waals surface area contributed by atoms with E-state index >= 15 is 0 Å². The minimum absolute atomic E-state index is 0.173. The molecule has 0 aliphatic heterocycles. The summed E-state index contributed by atoms with van der Waals surface area (Å²) in [4.78, 5) is 15.0. The minimum Gasteiger partial charge on any atom is -0.465 e. The van der Waals surface area contributed by atoms with Crippen molar-refractivity contribution in [1.29, 1.82) is 0 Å². The molecule has 0 aromatic heterocycles. The molecule has 0 saturated heterocycles. The van der Waals surface area contributed by atoms with E-state index in [0.717, 1.165) is 27.1 Å². The summed E-state index contributed by atoms with van der Waals surface area (Å²) in [6, 6.07) is 0. The first kappa shape index (κ1) is 24.8. The summed E-state index contributed by atoms with van der Waals surface area (Å²) >= 11 is 4.88. The summed E-state index contributed by atoms with van der Waals surface area (Å²) in [5.41, 5.74) is 0. The van der Waals surface area contributed by atoms with Gasteiger partial charge >= 0.3 is 5.97 Å². The van der Waals surface area contributed by atoms with E-state index in [-0.39, 0.29) is 6.61 Å². The highest BCUT2D eigenvalue weighted by molar-refractivity contribution is 8.30. The zero-order chi connectivity index (χ0) is 20.2. The van der Waals surface area contributed by atoms with Gasteiger partial charge in [0.05, 0.1) is 16.9 Å². The molecule has 1 atom stereocenters. The van der Waals surface area contributed by atoms with E-state index in [9.17, 15) is 18.8 Å². The zero-order valence-corrected chi connectivity index (χ0v) is 19.9. The Morgan fingerprint density at radius 3 is 1.92 bits per heavy atom. The standard InChI is InChI=1S/C15H27ClO6S4/c1-7-21-14(17)13(26(5,6)22-16(18,19)20)15(25-10-4)11(23-8-2)12(15)24-9-3/h13H,7-10H2,1-6H3. The van der Waals surface area contributed by atoms with Gasteiger partial charge < -0.3 is 4.74 Å². The summed E-state index contributed by atoms with van der Waals surface area (Å²) in [5.74, 6) is 1.88. The Morgan fingerprint density at radius 2 is 1.58 bits per heavy atom. The monoisotopic (exact) mass is 466 g/mol. The molecule has 0 bridgehead atoms. The molecule has 0 spiro atoms. The Bertz CT molecular complexity index is 519. The van der Waals surface area contributed by atoms with Crippen molar-refractivity contribution in [3.05, 3.63) is 9.81 Å². The van der Waals surface area contributed by atoms with Gasteiger partial charge in [-0.3, -0.25) is 4.79 Å². The lowest BCUT2D eigenvalue weighted by Gasteiger charge is -2.38. The Kier molecular flexibility index (Phi) is 9.51. The molecule has 6 nitrogen and oxygen atoms in total. The number of esters is 1. The first-order valence-corrected chi connectivity index (χ1v) is 14.8. The van der Waals surface area contributed by atoms with Gasteiger partial charge in [0.2, 0.25) is 0 Å². The first-order chi connectivity index (χ1) is 12.0. The lowest BCUT2D eigenvalue weighted by Crippen LogP contribution is -2.62. The van der Waals surface area contributed by atoms with Crippen LogP contribution in [0, 0.1) is 10.2 Å². The SMILES string of the molecule is CCOC(=O)C(C1(SCC)C(SCC)=C1SCC)S(C)(C)O[Cl+3]([O-])([O-])[O-].